The average Bonchev–Trinajstić information content (AvgIpc) is 2.72. The molecule has 0 bridgehead atoms. The third kappa shape index (κ3) is 5.23. The van der Waals surface area contributed by atoms with Crippen LogP contribution in [0.1, 0.15) is 19.4 Å². The van der Waals surface area contributed by atoms with Crippen LogP contribution in [0.25, 0.3) is 0 Å². The van der Waals surface area contributed by atoms with Crippen LogP contribution >= 0.6 is 0 Å². The molecule has 0 radical (unpaired) electrons. The largest absolute Gasteiger partial charge is 0.493 e. The number of nitrogens with one attached hydrogen (secondary N) is 2. The fraction of sp³-hybridized carbons (Fsp3) is 0.250. The van der Waals surface area contributed by atoms with Crippen molar-refractivity contribution in [2.24, 2.45) is 5.10 Å². The van der Waals surface area contributed by atoms with Crippen LogP contribution in [0.15, 0.2) is 47.6 Å². The van der Waals surface area contributed by atoms with Gasteiger partial charge in [-0.3, -0.25) is 9.59 Å². The molecule has 2 amide bonds. The number of anilines is 1. The van der Waals surface area contributed by atoms with Crippen LogP contribution in [-0.4, -0.2) is 38.4 Å². The summed E-state index contributed by atoms with van der Waals surface area (Å²) in [7, 11) is 3.07. The fourth-order valence-electron chi connectivity index (χ4n) is 2.34. The lowest BCUT2D eigenvalue weighted by atomic mass is 10.1. The highest BCUT2D eigenvalue weighted by Gasteiger charge is 2.15. The molecule has 28 heavy (non-hydrogen) atoms. The van der Waals surface area contributed by atoms with E-state index in [9.17, 15) is 9.59 Å². The summed E-state index contributed by atoms with van der Waals surface area (Å²) in [5.74, 6) is -0.153. The lowest BCUT2D eigenvalue weighted by molar-refractivity contribution is -0.136. The number of benzene rings is 2. The Morgan fingerprint density at radius 3 is 2.36 bits per heavy atom. The summed E-state index contributed by atoms with van der Waals surface area (Å²) < 4.78 is 15.8. The van der Waals surface area contributed by atoms with Gasteiger partial charge in [-0.25, -0.2) is 5.43 Å². The van der Waals surface area contributed by atoms with Gasteiger partial charge in [0.15, 0.2) is 11.5 Å². The second-order valence-corrected chi connectivity index (χ2v) is 5.59. The highest BCUT2D eigenvalue weighted by molar-refractivity contribution is 6.39. The van der Waals surface area contributed by atoms with Crippen LogP contribution in [0, 0.1) is 0 Å². The van der Waals surface area contributed by atoms with Crippen molar-refractivity contribution in [1.82, 2.24) is 5.43 Å². The van der Waals surface area contributed by atoms with E-state index in [4.69, 9.17) is 14.2 Å². The first-order valence-corrected chi connectivity index (χ1v) is 8.60. The van der Waals surface area contributed by atoms with Gasteiger partial charge < -0.3 is 19.5 Å². The third-order valence-electron chi connectivity index (χ3n) is 3.77. The van der Waals surface area contributed by atoms with Crippen LogP contribution < -0.4 is 25.0 Å². The molecule has 2 N–H and O–H groups in total. The first kappa shape index (κ1) is 20.8. The molecule has 0 heterocycles. The molecule has 2 aromatic carbocycles. The molecule has 0 aliphatic rings. The Bertz CT molecular complexity index is 880. The predicted molar refractivity (Wildman–Crippen MR) is 106 cm³/mol. The molecule has 0 saturated heterocycles. The zero-order valence-electron chi connectivity index (χ0n) is 16.2. The Kier molecular flexibility index (Phi) is 7.38. The smallest absolute Gasteiger partial charge is 0.329 e. The Hall–Kier alpha value is -3.55. The Balaban J connectivity index is 2.05. The minimum Gasteiger partial charge on any atom is -0.493 e. The van der Waals surface area contributed by atoms with Gasteiger partial charge >= 0.3 is 11.8 Å². The van der Waals surface area contributed by atoms with Gasteiger partial charge in [0.2, 0.25) is 0 Å². The first-order valence-electron chi connectivity index (χ1n) is 8.60. The summed E-state index contributed by atoms with van der Waals surface area (Å²) in [5.41, 5.74) is 3.86. The molecular weight excluding hydrogens is 362 g/mol. The standard InChI is InChI=1S/C20H23N3O5/c1-5-28-16-9-7-6-8-15(16)21-19(24)20(25)23-22-13(2)14-10-11-17(26-3)18(12-14)27-4/h6-12H,5H2,1-4H3,(H,21,24)(H,23,25)/b22-13+. The number of nitrogens with zero attached hydrogens (tertiary/aromatic N) is 1. The van der Waals surface area contributed by atoms with Gasteiger partial charge in [0.1, 0.15) is 5.75 Å². The number of hydrogen-bond acceptors (Lipinski definition) is 6. The summed E-state index contributed by atoms with van der Waals surface area (Å²) in [6, 6.07) is 12.1. The number of amides is 2. The Morgan fingerprint density at radius 2 is 1.68 bits per heavy atom. The number of hydrogen-bond donors (Lipinski definition) is 2. The van der Waals surface area contributed by atoms with Crippen molar-refractivity contribution in [2.75, 3.05) is 26.1 Å². The zero-order chi connectivity index (χ0) is 20.5. The van der Waals surface area contributed by atoms with E-state index in [0.29, 0.717) is 40.8 Å². The van der Waals surface area contributed by atoms with Crippen molar-refractivity contribution in [3.63, 3.8) is 0 Å². The van der Waals surface area contributed by atoms with Gasteiger partial charge in [-0.1, -0.05) is 12.1 Å². The van der Waals surface area contributed by atoms with Crippen LogP contribution in [0.2, 0.25) is 0 Å². The maximum absolute atomic E-state index is 12.1. The number of methoxy groups -OCH3 is 2. The zero-order valence-corrected chi connectivity index (χ0v) is 16.2. The molecule has 0 spiro atoms. The maximum Gasteiger partial charge on any atom is 0.329 e. The molecule has 0 atom stereocenters. The van der Waals surface area contributed by atoms with Crippen LogP contribution in [0.4, 0.5) is 5.69 Å². The van der Waals surface area contributed by atoms with Crippen molar-refractivity contribution in [2.45, 2.75) is 13.8 Å². The van der Waals surface area contributed by atoms with Gasteiger partial charge in [-0.05, 0) is 44.2 Å². The van der Waals surface area contributed by atoms with Gasteiger partial charge in [0, 0.05) is 5.56 Å². The lowest BCUT2D eigenvalue weighted by Gasteiger charge is -2.11. The molecule has 8 heteroatoms. The second kappa shape index (κ2) is 9.96. The van der Waals surface area contributed by atoms with Gasteiger partial charge in [-0.2, -0.15) is 5.10 Å². The minimum atomic E-state index is -0.897. The van der Waals surface area contributed by atoms with Crippen molar-refractivity contribution in [3.8, 4) is 17.2 Å². The van der Waals surface area contributed by atoms with Crippen LogP contribution in [0.3, 0.4) is 0 Å². The number of rotatable bonds is 7. The first-order chi connectivity index (χ1) is 13.5. The summed E-state index contributed by atoms with van der Waals surface area (Å²) >= 11 is 0. The molecule has 0 aromatic heterocycles. The minimum absolute atomic E-state index is 0.407. The quantitative estimate of drug-likeness (QED) is 0.434. The van der Waals surface area contributed by atoms with E-state index >= 15 is 0 Å². The molecule has 0 saturated carbocycles. The molecule has 0 fully saturated rings. The number of hydrazone groups is 1. The second-order valence-electron chi connectivity index (χ2n) is 5.59. The highest BCUT2D eigenvalue weighted by Crippen LogP contribution is 2.27. The molecule has 2 rings (SSSR count). The molecular formula is C20H23N3O5. The van der Waals surface area contributed by atoms with Crippen LogP contribution in [-0.2, 0) is 9.59 Å². The number of carbonyl (C=O) groups is 2. The highest BCUT2D eigenvalue weighted by atomic mass is 16.5. The van der Waals surface area contributed by atoms with Crippen LogP contribution in [0.5, 0.6) is 17.2 Å². The van der Waals surface area contributed by atoms with E-state index in [1.807, 2.05) is 6.92 Å². The number of para-hydroxylation sites is 2. The van der Waals surface area contributed by atoms with E-state index < -0.39 is 11.8 Å². The monoisotopic (exact) mass is 385 g/mol. The van der Waals surface area contributed by atoms with E-state index in [1.54, 1.807) is 56.5 Å². The Morgan fingerprint density at radius 1 is 0.964 bits per heavy atom. The third-order valence-corrected chi connectivity index (χ3v) is 3.77. The number of ether oxygens (including phenoxy) is 3. The molecule has 2 aromatic rings. The molecule has 0 aliphatic heterocycles. The van der Waals surface area contributed by atoms with E-state index in [0.717, 1.165) is 0 Å². The van der Waals surface area contributed by atoms with Gasteiger partial charge in [0.25, 0.3) is 0 Å². The van der Waals surface area contributed by atoms with E-state index in [-0.39, 0.29) is 0 Å². The Labute approximate surface area is 163 Å². The summed E-state index contributed by atoms with van der Waals surface area (Å²) in [4.78, 5) is 24.2. The van der Waals surface area contributed by atoms with Crippen molar-refractivity contribution in [1.29, 1.82) is 0 Å². The maximum atomic E-state index is 12.1. The van der Waals surface area contributed by atoms with Crippen molar-refractivity contribution in [3.05, 3.63) is 48.0 Å². The van der Waals surface area contributed by atoms with E-state index in [1.165, 1.54) is 7.11 Å². The predicted octanol–water partition coefficient (Wildman–Crippen LogP) is 2.58. The van der Waals surface area contributed by atoms with E-state index in [2.05, 4.69) is 15.8 Å². The lowest BCUT2D eigenvalue weighted by Crippen LogP contribution is -2.33. The summed E-state index contributed by atoms with van der Waals surface area (Å²) in [6.07, 6.45) is 0. The molecule has 8 nitrogen and oxygen atoms in total. The summed E-state index contributed by atoms with van der Waals surface area (Å²) in [6.45, 7) is 3.97. The average molecular weight is 385 g/mol. The van der Waals surface area contributed by atoms with Crippen molar-refractivity contribution >= 4 is 23.2 Å². The topological polar surface area (TPSA) is 98.2 Å². The molecule has 0 unspecified atom stereocenters. The summed E-state index contributed by atoms with van der Waals surface area (Å²) in [5, 5.41) is 6.49. The van der Waals surface area contributed by atoms with Crippen molar-refractivity contribution < 1.29 is 23.8 Å². The normalized spacial score (nSPS) is 10.8. The van der Waals surface area contributed by atoms with Gasteiger partial charge in [0.05, 0.1) is 32.2 Å². The SMILES string of the molecule is CCOc1ccccc1NC(=O)C(=O)N/N=C(\C)c1ccc(OC)c(OC)c1. The number of carbonyl (C=O) groups excluding carboxylic acids is 2. The van der Waals surface area contributed by atoms with Gasteiger partial charge in [-0.15, -0.1) is 0 Å². The molecule has 148 valence electrons. The fourth-order valence-corrected chi connectivity index (χ4v) is 2.34. The molecule has 0 aliphatic carbocycles.